The Morgan fingerprint density at radius 3 is 3.11 bits per heavy atom. The van der Waals surface area contributed by atoms with E-state index in [0.29, 0.717) is 6.04 Å². The summed E-state index contributed by atoms with van der Waals surface area (Å²) < 4.78 is 11.0. The Morgan fingerprint density at radius 2 is 2.33 bits per heavy atom. The van der Waals surface area contributed by atoms with Gasteiger partial charge in [-0.05, 0) is 24.9 Å². The molecule has 2 rings (SSSR count). The standard InChI is InChI=1S/C15H23NO2/c1-3-9-16-14(8-10-17-2)13-6-4-5-12-7-11-18-15(12)13/h4-6,14,16H,3,7-11H2,1-2H3. The molecule has 0 saturated carbocycles. The third-order valence-electron chi connectivity index (χ3n) is 3.37. The molecule has 1 aromatic carbocycles. The number of fused-ring (bicyclic) bond motifs is 1. The van der Waals surface area contributed by atoms with Crippen LogP contribution in [-0.4, -0.2) is 26.9 Å². The predicted molar refractivity (Wildman–Crippen MR) is 73.2 cm³/mol. The molecule has 18 heavy (non-hydrogen) atoms. The molecule has 100 valence electrons. The van der Waals surface area contributed by atoms with Crippen LogP contribution in [0.25, 0.3) is 0 Å². The first-order chi connectivity index (χ1) is 8.86. The van der Waals surface area contributed by atoms with E-state index in [4.69, 9.17) is 9.47 Å². The molecule has 0 amide bonds. The second-order valence-electron chi connectivity index (χ2n) is 4.72. The van der Waals surface area contributed by atoms with Crippen molar-refractivity contribution < 1.29 is 9.47 Å². The van der Waals surface area contributed by atoms with E-state index in [9.17, 15) is 0 Å². The van der Waals surface area contributed by atoms with Crippen molar-refractivity contribution in [2.45, 2.75) is 32.2 Å². The molecule has 0 bridgehead atoms. The summed E-state index contributed by atoms with van der Waals surface area (Å²) in [5.41, 5.74) is 2.63. The van der Waals surface area contributed by atoms with Crippen LogP contribution in [-0.2, 0) is 11.2 Å². The lowest BCUT2D eigenvalue weighted by molar-refractivity contribution is 0.182. The topological polar surface area (TPSA) is 30.5 Å². The highest BCUT2D eigenvalue weighted by Gasteiger charge is 2.21. The Bertz CT molecular complexity index is 371. The molecule has 3 nitrogen and oxygen atoms in total. The fourth-order valence-corrected chi connectivity index (χ4v) is 2.44. The summed E-state index contributed by atoms with van der Waals surface area (Å²) in [5, 5.41) is 3.59. The van der Waals surface area contributed by atoms with Gasteiger partial charge in [0, 0.05) is 31.7 Å². The Labute approximate surface area is 109 Å². The van der Waals surface area contributed by atoms with Gasteiger partial charge in [-0.3, -0.25) is 0 Å². The zero-order valence-electron chi connectivity index (χ0n) is 11.4. The zero-order chi connectivity index (χ0) is 12.8. The highest BCUT2D eigenvalue weighted by Crippen LogP contribution is 2.34. The summed E-state index contributed by atoms with van der Waals surface area (Å²) in [4.78, 5) is 0. The van der Waals surface area contributed by atoms with Crippen LogP contribution >= 0.6 is 0 Å². The van der Waals surface area contributed by atoms with Gasteiger partial charge in [-0.25, -0.2) is 0 Å². The smallest absolute Gasteiger partial charge is 0.127 e. The number of para-hydroxylation sites is 1. The van der Waals surface area contributed by atoms with E-state index in [1.807, 2.05) is 0 Å². The molecule has 1 N–H and O–H groups in total. The van der Waals surface area contributed by atoms with E-state index in [0.717, 1.165) is 44.8 Å². The fraction of sp³-hybridized carbons (Fsp3) is 0.600. The second-order valence-corrected chi connectivity index (χ2v) is 4.72. The van der Waals surface area contributed by atoms with Gasteiger partial charge < -0.3 is 14.8 Å². The van der Waals surface area contributed by atoms with Crippen LogP contribution < -0.4 is 10.1 Å². The van der Waals surface area contributed by atoms with Crippen molar-refractivity contribution in [3.8, 4) is 5.75 Å². The molecular formula is C15H23NO2. The number of hydrogen-bond donors (Lipinski definition) is 1. The van der Waals surface area contributed by atoms with Gasteiger partial charge in [-0.15, -0.1) is 0 Å². The van der Waals surface area contributed by atoms with Crippen molar-refractivity contribution in [2.24, 2.45) is 0 Å². The molecule has 0 saturated heterocycles. The molecule has 1 heterocycles. The number of hydrogen-bond acceptors (Lipinski definition) is 3. The van der Waals surface area contributed by atoms with Gasteiger partial charge in [-0.2, -0.15) is 0 Å². The first kappa shape index (κ1) is 13.4. The number of rotatable bonds is 7. The van der Waals surface area contributed by atoms with Gasteiger partial charge >= 0.3 is 0 Å². The molecule has 1 aliphatic heterocycles. The molecule has 0 aromatic heterocycles. The van der Waals surface area contributed by atoms with E-state index in [-0.39, 0.29) is 0 Å². The van der Waals surface area contributed by atoms with Crippen molar-refractivity contribution in [2.75, 3.05) is 26.9 Å². The SMILES string of the molecule is CCCNC(CCOC)c1cccc2c1OCC2. The molecule has 0 radical (unpaired) electrons. The first-order valence-electron chi connectivity index (χ1n) is 6.83. The summed E-state index contributed by atoms with van der Waals surface area (Å²) in [6.45, 7) is 4.80. The van der Waals surface area contributed by atoms with Crippen molar-refractivity contribution >= 4 is 0 Å². The lowest BCUT2D eigenvalue weighted by Gasteiger charge is -2.21. The summed E-state index contributed by atoms with van der Waals surface area (Å²) in [5.74, 6) is 1.10. The third kappa shape index (κ3) is 3.03. The summed E-state index contributed by atoms with van der Waals surface area (Å²) in [6.07, 6.45) is 3.16. The molecule has 1 aliphatic rings. The molecular weight excluding hydrogens is 226 g/mol. The number of nitrogens with one attached hydrogen (secondary N) is 1. The lowest BCUT2D eigenvalue weighted by atomic mass is 9.99. The zero-order valence-corrected chi connectivity index (χ0v) is 11.4. The fourth-order valence-electron chi connectivity index (χ4n) is 2.44. The first-order valence-corrected chi connectivity index (χ1v) is 6.83. The maximum Gasteiger partial charge on any atom is 0.127 e. The molecule has 1 atom stereocenters. The van der Waals surface area contributed by atoms with Gasteiger partial charge in [0.15, 0.2) is 0 Å². The average Bonchev–Trinajstić information content (AvgIpc) is 2.87. The Morgan fingerprint density at radius 1 is 1.44 bits per heavy atom. The van der Waals surface area contributed by atoms with Crippen LogP contribution in [0.2, 0.25) is 0 Å². The minimum Gasteiger partial charge on any atom is -0.493 e. The highest BCUT2D eigenvalue weighted by atomic mass is 16.5. The Hall–Kier alpha value is -1.06. The minimum absolute atomic E-state index is 0.331. The van der Waals surface area contributed by atoms with Gasteiger partial charge in [-0.1, -0.05) is 25.1 Å². The number of methoxy groups -OCH3 is 1. The van der Waals surface area contributed by atoms with Crippen LogP contribution in [0.15, 0.2) is 18.2 Å². The molecule has 1 aromatic rings. The molecule has 0 fully saturated rings. The van der Waals surface area contributed by atoms with Crippen molar-refractivity contribution in [3.05, 3.63) is 29.3 Å². The van der Waals surface area contributed by atoms with E-state index in [1.165, 1.54) is 11.1 Å². The van der Waals surface area contributed by atoms with Crippen molar-refractivity contribution in [1.82, 2.24) is 5.32 Å². The Kier molecular flexibility index (Phi) is 5.02. The van der Waals surface area contributed by atoms with Gasteiger partial charge in [0.1, 0.15) is 5.75 Å². The van der Waals surface area contributed by atoms with Crippen molar-refractivity contribution in [3.63, 3.8) is 0 Å². The maximum atomic E-state index is 5.79. The monoisotopic (exact) mass is 249 g/mol. The minimum atomic E-state index is 0.331. The molecule has 0 spiro atoms. The lowest BCUT2D eigenvalue weighted by Crippen LogP contribution is -2.23. The second kappa shape index (κ2) is 6.76. The van der Waals surface area contributed by atoms with E-state index in [2.05, 4.69) is 30.4 Å². The number of benzene rings is 1. The summed E-state index contributed by atoms with van der Waals surface area (Å²) >= 11 is 0. The van der Waals surface area contributed by atoms with Gasteiger partial charge in [0.05, 0.1) is 6.61 Å². The van der Waals surface area contributed by atoms with Gasteiger partial charge in [0.2, 0.25) is 0 Å². The summed E-state index contributed by atoms with van der Waals surface area (Å²) in [7, 11) is 1.75. The average molecular weight is 249 g/mol. The van der Waals surface area contributed by atoms with Crippen LogP contribution in [0.3, 0.4) is 0 Å². The van der Waals surface area contributed by atoms with E-state index >= 15 is 0 Å². The quantitative estimate of drug-likeness (QED) is 0.806. The van der Waals surface area contributed by atoms with E-state index in [1.54, 1.807) is 7.11 Å². The molecule has 1 unspecified atom stereocenters. The maximum absolute atomic E-state index is 5.79. The molecule has 3 heteroatoms. The highest BCUT2D eigenvalue weighted by molar-refractivity contribution is 5.45. The van der Waals surface area contributed by atoms with Crippen LogP contribution in [0.1, 0.15) is 36.9 Å². The van der Waals surface area contributed by atoms with Crippen LogP contribution in [0.5, 0.6) is 5.75 Å². The third-order valence-corrected chi connectivity index (χ3v) is 3.37. The van der Waals surface area contributed by atoms with Crippen LogP contribution in [0.4, 0.5) is 0 Å². The predicted octanol–water partition coefficient (Wildman–Crippen LogP) is 2.70. The largest absolute Gasteiger partial charge is 0.493 e. The van der Waals surface area contributed by atoms with E-state index < -0.39 is 0 Å². The molecule has 0 aliphatic carbocycles. The normalized spacial score (nSPS) is 15.2. The Balaban J connectivity index is 2.16. The van der Waals surface area contributed by atoms with Crippen LogP contribution in [0, 0.1) is 0 Å². The van der Waals surface area contributed by atoms with Crippen molar-refractivity contribution in [1.29, 1.82) is 0 Å². The van der Waals surface area contributed by atoms with Gasteiger partial charge in [0.25, 0.3) is 0 Å². The number of ether oxygens (including phenoxy) is 2. The summed E-state index contributed by atoms with van der Waals surface area (Å²) in [6, 6.07) is 6.81.